The SMILES string of the molecule is COC(=O)N(Cc1ccccc1)C1CCN(CCC(CN(C)S(=O)(=O)c2ccccc2)c2ccccc2)CC1.Cl. The van der Waals surface area contributed by atoms with Crippen LogP contribution in [0.15, 0.2) is 95.9 Å². The van der Waals surface area contributed by atoms with Crippen molar-refractivity contribution < 1.29 is 17.9 Å². The van der Waals surface area contributed by atoms with E-state index >= 15 is 0 Å². The van der Waals surface area contributed by atoms with Crippen molar-refractivity contribution in [1.29, 1.82) is 0 Å². The second-order valence-electron chi connectivity index (χ2n) is 10.2. The van der Waals surface area contributed by atoms with Gasteiger partial charge in [0.05, 0.1) is 12.0 Å². The van der Waals surface area contributed by atoms with Crippen molar-refractivity contribution in [2.24, 2.45) is 0 Å². The summed E-state index contributed by atoms with van der Waals surface area (Å²) in [4.78, 5) is 17.2. The van der Waals surface area contributed by atoms with Crippen LogP contribution >= 0.6 is 12.4 Å². The fraction of sp³-hybridized carbons (Fsp3) is 0.387. The van der Waals surface area contributed by atoms with Crippen LogP contribution in [0.1, 0.15) is 36.3 Å². The standard InChI is InChI=1S/C31H39N3O4S.ClH/c1-32(39(36,37)30-16-10-5-11-17-30)25-28(27-14-8-4-9-15-27)18-21-33-22-19-29(20-23-33)34(31(35)38-2)24-26-12-6-3-7-13-26;/h3-17,28-29H,18-25H2,1-2H3;1H. The Balaban J connectivity index is 0.00000441. The van der Waals surface area contributed by atoms with Crippen molar-refractivity contribution >= 4 is 28.5 Å². The maximum Gasteiger partial charge on any atom is 0.410 e. The van der Waals surface area contributed by atoms with E-state index in [-0.39, 0.29) is 30.5 Å². The molecule has 1 heterocycles. The van der Waals surface area contributed by atoms with Crippen molar-refractivity contribution in [2.45, 2.75) is 42.7 Å². The molecule has 0 spiro atoms. The highest BCUT2D eigenvalue weighted by Crippen LogP contribution is 2.26. The normalized spacial score (nSPS) is 15.3. The molecule has 0 saturated carbocycles. The number of hydrogen-bond acceptors (Lipinski definition) is 5. The summed E-state index contributed by atoms with van der Waals surface area (Å²) in [6.07, 6.45) is 2.30. The minimum absolute atomic E-state index is 0. The summed E-state index contributed by atoms with van der Waals surface area (Å²) in [6.45, 7) is 3.57. The highest BCUT2D eigenvalue weighted by Gasteiger charge is 2.30. The lowest BCUT2D eigenvalue weighted by Crippen LogP contribution is -2.47. The van der Waals surface area contributed by atoms with Gasteiger partial charge in [-0.1, -0.05) is 78.9 Å². The van der Waals surface area contributed by atoms with Gasteiger partial charge in [-0.25, -0.2) is 17.5 Å². The third-order valence-electron chi connectivity index (χ3n) is 7.60. The molecule has 0 N–H and O–H groups in total. The predicted molar refractivity (Wildman–Crippen MR) is 161 cm³/mol. The molecule has 3 aromatic rings. The Morgan fingerprint density at radius 2 is 1.48 bits per heavy atom. The van der Waals surface area contributed by atoms with Crippen molar-refractivity contribution in [3.05, 3.63) is 102 Å². The highest BCUT2D eigenvalue weighted by atomic mass is 35.5. The molecule has 1 atom stereocenters. The largest absolute Gasteiger partial charge is 0.453 e. The quantitative estimate of drug-likeness (QED) is 0.291. The lowest BCUT2D eigenvalue weighted by atomic mass is 9.94. The summed E-state index contributed by atoms with van der Waals surface area (Å²) in [5, 5.41) is 0. The number of amides is 1. The second kappa shape index (κ2) is 15.2. The molecule has 40 heavy (non-hydrogen) atoms. The van der Waals surface area contributed by atoms with E-state index < -0.39 is 10.0 Å². The van der Waals surface area contributed by atoms with Gasteiger partial charge in [-0.3, -0.25) is 0 Å². The number of ether oxygens (including phenoxy) is 1. The van der Waals surface area contributed by atoms with Crippen molar-refractivity contribution in [3.63, 3.8) is 0 Å². The van der Waals surface area contributed by atoms with E-state index in [2.05, 4.69) is 17.0 Å². The van der Waals surface area contributed by atoms with Gasteiger partial charge < -0.3 is 14.5 Å². The molecule has 1 aliphatic rings. The number of rotatable bonds is 11. The van der Waals surface area contributed by atoms with E-state index in [1.807, 2.05) is 59.5 Å². The van der Waals surface area contributed by atoms with Crippen molar-refractivity contribution in [1.82, 2.24) is 14.1 Å². The van der Waals surface area contributed by atoms with Gasteiger partial charge in [0, 0.05) is 39.3 Å². The lowest BCUT2D eigenvalue weighted by Gasteiger charge is -2.38. The highest BCUT2D eigenvalue weighted by molar-refractivity contribution is 7.89. The number of nitrogens with zero attached hydrogens (tertiary/aromatic N) is 3. The molecule has 3 aromatic carbocycles. The van der Waals surface area contributed by atoms with E-state index in [9.17, 15) is 13.2 Å². The van der Waals surface area contributed by atoms with Crippen molar-refractivity contribution in [2.75, 3.05) is 40.3 Å². The van der Waals surface area contributed by atoms with E-state index in [0.29, 0.717) is 18.0 Å². The van der Waals surface area contributed by atoms with E-state index in [0.717, 1.165) is 50.0 Å². The molecular weight excluding hydrogens is 546 g/mol. The molecule has 0 radical (unpaired) electrons. The minimum atomic E-state index is -3.57. The summed E-state index contributed by atoms with van der Waals surface area (Å²) in [6, 6.07) is 28.9. The number of methoxy groups -OCH3 is 1. The summed E-state index contributed by atoms with van der Waals surface area (Å²) < 4.78 is 33.0. The molecule has 1 fully saturated rings. The fourth-order valence-corrected chi connectivity index (χ4v) is 6.54. The predicted octanol–water partition coefficient (Wildman–Crippen LogP) is 5.64. The maximum absolute atomic E-state index is 13.2. The first-order valence-corrected chi connectivity index (χ1v) is 15.0. The molecule has 1 amide bonds. The van der Waals surface area contributed by atoms with Gasteiger partial charge in [-0.15, -0.1) is 12.4 Å². The Kier molecular flexibility index (Phi) is 12.0. The summed E-state index contributed by atoms with van der Waals surface area (Å²) in [5.74, 6) is 0.0667. The van der Waals surface area contributed by atoms with Gasteiger partial charge in [-0.05, 0) is 55.0 Å². The number of carbonyl (C=O) groups is 1. The Morgan fingerprint density at radius 1 is 0.925 bits per heavy atom. The topological polar surface area (TPSA) is 70.2 Å². The van der Waals surface area contributed by atoms with E-state index in [1.165, 1.54) is 11.4 Å². The Bertz CT molecular complexity index is 1270. The fourth-order valence-electron chi connectivity index (χ4n) is 5.30. The minimum Gasteiger partial charge on any atom is -0.453 e. The number of likely N-dealkylation sites (tertiary alicyclic amines) is 1. The number of benzene rings is 3. The molecule has 0 aliphatic carbocycles. The molecule has 216 valence electrons. The zero-order valence-corrected chi connectivity index (χ0v) is 24.9. The Labute approximate surface area is 245 Å². The molecule has 0 aromatic heterocycles. The van der Waals surface area contributed by atoms with Crippen LogP contribution in [0.3, 0.4) is 0 Å². The van der Waals surface area contributed by atoms with Gasteiger partial charge in [-0.2, -0.15) is 0 Å². The molecular formula is C31H40ClN3O4S. The first-order chi connectivity index (χ1) is 18.9. The number of halogens is 1. The van der Waals surface area contributed by atoms with Crippen LogP contribution in [-0.4, -0.2) is 75.0 Å². The first-order valence-electron chi connectivity index (χ1n) is 13.6. The first kappa shape index (κ1) is 31.6. The second-order valence-corrected chi connectivity index (χ2v) is 12.2. The maximum atomic E-state index is 13.2. The average Bonchev–Trinajstić information content (AvgIpc) is 2.99. The van der Waals surface area contributed by atoms with Gasteiger partial charge >= 0.3 is 6.09 Å². The van der Waals surface area contributed by atoms with Crippen LogP contribution in [-0.2, 0) is 21.3 Å². The molecule has 0 bridgehead atoms. The number of sulfonamides is 1. The van der Waals surface area contributed by atoms with Crippen LogP contribution in [0.5, 0.6) is 0 Å². The zero-order valence-electron chi connectivity index (χ0n) is 23.3. The monoisotopic (exact) mass is 585 g/mol. The van der Waals surface area contributed by atoms with Crippen LogP contribution < -0.4 is 0 Å². The molecule has 4 rings (SSSR count). The average molecular weight is 586 g/mol. The molecule has 1 unspecified atom stereocenters. The third-order valence-corrected chi connectivity index (χ3v) is 9.43. The summed E-state index contributed by atoms with van der Waals surface area (Å²) in [5.41, 5.74) is 2.23. The van der Waals surface area contributed by atoms with Crippen LogP contribution in [0.25, 0.3) is 0 Å². The number of likely N-dealkylation sites (N-methyl/N-ethyl adjacent to an activating group) is 1. The third kappa shape index (κ3) is 8.30. The van der Waals surface area contributed by atoms with E-state index in [4.69, 9.17) is 4.74 Å². The summed E-state index contributed by atoms with van der Waals surface area (Å²) >= 11 is 0. The van der Waals surface area contributed by atoms with Crippen LogP contribution in [0, 0.1) is 0 Å². The Hall–Kier alpha value is -2.91. The molecule has 1 saturated heterocycles. The van der Waals surface area contributed by atoms with Crippen LogP contribution in [0.2, 0.25) is 0 Å². The molecule has 7 nitrogen and oxygen atoms in total. The van der Waals surface area contributed by atoms with Crippen LogP contribution in [0.4, 0.5) is 4.79 Å². The summed E-state index contributed by atoms with van der Waals surface area (Å²) in [7, 11) is -0.465. The molecule has 1 aliphatic heterocycles. The van der Waals surface area contributed by atoms with Gasteiger partial charge in [0.15, 0.2) is 0 Å². The number of hydrogen-bond donors (Lipinski definition) is 0. The van der Waals surface area contributed by atoms with Gasteiger partial charge in [0.25, 0.3) is 0 Å². The van der Waals surface area contributed by atoms with Gasteiger partial charge in [0.1, 0.15) is 0 Å². The lowest BCUT2D eigenvalue weighted by molar-refractivity contribution is 0.0734. The smallest absolute Gasteiger partial charge is 0.410 e. The van der Waals surface area contributed by atoms with Crippen molar-refractivity contribution in [3.8, 4) is 0 Å². The number of carbonyl (C=O) groups excluding carboxylic acids is 1. The van der Waals surface area contributed by atoms with Gasteiger partial charge in [0.2, 0.25) is 10.0 Å². The number of piperidine rings is 1. The van der Waals surface area contributed by atoms with E-state index in [1.54, 1.807) is 31.3 Å². The molecule has 9 heteroatoms. The Morgan fingerprint density at radius 3 is 2.05 bits per heavy atom. The zero-order chi connectivity index (χ0) is 27.7.